The van der Waals surface area contributed by atoms with Crippen molar-refractivity contribution < 1.29 is 8.42 Å². The van der Waals surface area contributed by atoms with Crippen LogP contribution in [-0.2, 0) is 16.6 Å². The number of hydrogen-bond donors (Lipinski definition) is 2. The van der Waals surface area contributed by atoms with Crippen LogP contribution in [0.5, 0.6) is 0 Å². The highest BCUT2D eigenvalue weighted by Crippen LogP contribution is 2.13. The van der Waals surface area contributed by atoms with Crippen molar-refractivity contribution in [3.05, 3.63) is 30.2 Å². The maximum atomic E-state index is 12.1. The molecule has 2 aromatic heterocycles. The lowest BCUT2D eigenvalue weighted by Gasteiger charge is -2.14. The summed E-state index contributed by atoms with van der Waals surface area (Å²) in [6.07, 6.45) is 4.54. The van der Waals surface area contributed by atoms with E-state index in [1.54, 1.807) is 19.3 Å². The lowest BCUT2D eigenvalue weighted by Crippen LogP contribution is -2.27. The number of imidazole rings is 2. The van der Waals surface area contributed by atoms with Crippen LogP contribution in [0.1, 0.15) is 11.6 Å². The van der Waals surface area contributed by atoms with Gasteiger partial charge in [-0.2, -0.15) is 4.31 Å². The van der Waals surface area contributed by atoms with Crippen LogP contribution >= 0.6 is 0 Å². The molecule has 0 radical (unpaired) electrons. The van der Waals surface area contributed by atoms with Gasteiger partial charge in [0.1, 0.15) is 11.6 Å². The van der Waals surface area contributed by atoms with Gasteiger partial charge in [0.25, 0.3) is 10.0 Å². The molecule has 2 rings (SSSR count). The zero-order valence-electron chi connectivity index (χ0n) is 9.51. The van der Waals surface area contributed by atoms with Crippen molar-refractivity contribution >= 4 is 10.0 Å². The second-order valence-electron chi connectivity index (χ2n) is 3.63. The molecule has 7 nitrogen and oxygen atoms in total. The molecule has 0 amide bonds. The highest BCUT2D eigenvalue weighted by Gasteiger charge is 2.23. The minimum absolute atomic E-state index is 0.0871. The van der Waals surface area contributed by atoms with E-state index in [0.717, 1.165) is 0 Å². The Hall–Kier alpha value is -1.67. The first-order chi connectivity index (χ1) is 8.00. The van der Waals surface area contributed by atoms with Gasteiger partial charge in [0.2, 0.25) is 0 Å². The molecule has 0 atom stereocenters. The van der Waals surface area contributed by atoms with Crippen molar-refractivity contribution in [3.8, 4) is 0 Å². The summed E-state index contributed by atoms with van der Waals surface area (Å²) in [5.41, 5.74) is 0. The van der Waals surface area contributed by atoms with Crippen molar-refractivity contribution in [2.75, 3.05) is 7.05 Å². The third-order valence-corrected chi connectivity index (χ3v) is 4.01. The summed E-state index contributed by atoms with van der Waals surface area (Å²) in [5.74, 6) is 1.15. The summed E-state index contributed by atoms with van der Waals surface area (Å²) in [4.78, 5) is 13.4. The van der Waals surface area contributed by atoms with Gasteiger partial charge < -0.3 is 9.97 Å². The van der Waals surface area contributed by atoms with Crippen LogP contribution in [0, 0.1) is 6.92 Å². The molecule has 0 fully saturated rings. The number of H-pyrrole nitrogens is 2. The average molecular weight is 255 g/mol. The number of rotatable bonds is 4. The minimum Gasteiger partial charge on any atom is -0.347 e. The maximum absolute atomic E-state index is 12.1. The molecule has 0 spiro atoms. The van der Waals surface area contributed by atoms with E-state index in [2.05, 4.69) is 19.9 Å². The van der Waals surface area contributed by atoms with E-state index in [9.17, 15) is 8.42 Å². The van der Waals surface area contributed by atoms with E-state index in [1.165, 1.54) is 17.5 Å². The fourth-order valence-electron chi connectivity index (χ4n) is 1.38. The molecule has 0 saturated carbocycles. The second-order valence-corrected chi connectivity index (χ2v) is 5.64. The van der Waals surface area contributed by atoms with Crippen molar-refractivity contribution in [1.82, 2.24) is 24.2 Å². The van der Waals surface area contributed by atoms with Crippen LogP contribution in [0.3, 0.4) is 0 Å². The van der Waals surface area contributed by atoms with E-state index >= 15 is 0 Å². The molecule has 0 saturated heterocycles. The SMILES string of the molecule is Cc1ncc(S(=O)(=O)N(C)Cc2ncc[nH]2)[nH]1. The highest BCUT2D eigenvalue weighted by molar-refractivity contribution is 7.89. The average Bonchev–Trinajstić information content (AvgIpc) is 2.89. The Morgan fingerprint density at radius 2 is 2.18 bits per heavy atom. The Labute approximate surface area is 99.0 Å². The number of aromatic amines is 2. The number of aromatic nitrogens is 4. The molecule has 0 aliphatic rings. The lowest BCUT2D eigenvalue weighted by atomic mass is 10.6. The van der Waals surface area contributed by atoms with Crippen molar-refractivity contribution in [3.63, 3.8) is 0 Å². The topological polar surface area (TPSA) is 94.7 Å². The molecule has 0 aliphatic heterocycles. The van der Waals surface area contributed by atoms with Gasteiger partial charge in [-0.05, 0) is 6.92 Å². The molecule has 2 heterocycles. The molecule has 2 N–H and O–H groups in total. The van der Waals surface area contributed by atoms with E-state index in [0.29, 0.717) is 11.6 Å². The smallest absolute Gasteiger partial charge is 0.260 e. The van der Waals surface area contributed by atoms with E-state index in [-0.39, 0.29) is 11.6 Å². The van der Waals surface area contributed by atoms with Crippen molar-refractivity contribution in [2.45, 2.75) is 18.5 Å². The van der Waals surface area contributed by atoms with Crippen LogP contribution in [-0.4, -0.2) is 39.7 Å². The van der Waals surface area contributed by atoms with Crippen LogP contribution in [0.15, 0.2) is 23.6 Å². The maximum Gasteiger partial charge on any atom is 0.260 e. The van der Waals surface area contributed by atoms with Gasteiger partial charge >= 0.3 is 0 Å². The molecule has 0 bridgehead atoms. The Kier molecular flexibility index (Phi) is 2.99. The third-order valence-electron chi connectivity index (χ3n) is 2.30. The largest absolute Gasteiger partial charge is 0.347 e. The number of aryl methyl sites for hydroxylation is 1. The predicted molar refractivity (Wildman–Crippen MR) is 60.6 cm³/mol. The second kappa shape index (κ2) is 4.30. The standard InChI is InChI=1S/C9H13N5O2S/c1-7-12-5-9(13-7)17(15,16)14(2)6-8-10-3-4-11-8/h3-5H,6H2,1-2H3,(H,10,11)(H,12,13). The van der Waals surface area contributed by atoms with Crippen LogP contribution in [0.2, 0.25) is 0 Å². The Balaban J connectivity index is 2.21. The molecule has 2 aromatic rings. The van der Waals surface area contributed by atoms with Gasteiger partial charge in [0.15, 0.2) is 5.03 Å². The van der Waals surface area contributed by atoms with Gasteiger partial charge in [-0.25, -0.2) is 18.4 Å². The summed E-state index contributed by atoms with van der Waals surface area (Å²) in [7, 11) is -2.04. The zero-order valence-corrected chi connectivity index (χ0v) is 10.3. The van der Waals surface area contributed by atoms with Gasteiger partial charge in [-0.1, -0.05) is 0 Å². The summed E-state index contributed by atoms with van der Waals surface area (Å²) >= 11 is 0. The van der Waals surface area contributed by atoms with Crippen LogP contribution < -0.4 is 0 Å². The van der Waals surface area contributed by atoms with Crippen molar-refractivity contribution in [1.29, 1.82) is 0 Å². The van der Waals surface area contributed by atoms with Crippen LogP contribution in [0.4, 0.5) is 0 Å². The van der Waals surface area contributed by atoms with Crippen LogP contribution in [0.25, 0.3) is 0 Å². The molecule has 0 unspecified atom stereocenters. The fraction of sp³-hybridized carbons (Fsp3) is 0.333. The fourth-order valence-corrected chi connectivity index (χ4v) is 2.47. The van der Waals surface area contributed by atoms with Gasteiger partial charge in [0.05, 0.1) is 12.7 Å². The third kappa shape index (κ3) is 2.37. The number of sulfonamides is 1. The molecule has 17 heavy (non-hydrogen) atoms. The van der Waals surface area contributed by atoms with E-state index < -0.39 is 10.0 Å². The highest BCUT2D eigenvalue weighted by atomic mass is 32.2. The molecule has 92 valence electrons. The monoisotopic (exact) mass is 255 g/mol. The van der Waals surface area contributed by atoms with E-state index in [1.807, 2.05) is 0 Å². The molecule has 8 heteroatoms. The van der Waals surface area contributed by atoms with Gasteiger partial charge in [-0.3, -0.25) is 0 Å². The van der Waals surface area contributed by atoms with Crippen molar-refractivity contribution in [2.24, 2.45) is 0 Å². The minimum atomic E-state index is -3.54. The Bertz CT molecular complexity index is 587. The number of hydrogen-bond acceptors (Lipinski definition) is 4. The van der Waals surface area contributed by atoms with Gasteiger partial charge in [0, 0.05) is 19.4 Å². The number of nitrogens with zero attached hydrogens (tertiary/aromatic N) is 3. The normalized spacial score (nSPS) is 12.2. The first-order valence-corrected chi connectivity index (χ1v) is 6.40. The Morgan fingerprint density at radius 1 is 1.41 bits per heavy atom. The summed E-state index contributed by atoms with van der Waals surface area (Å²) in [6, 6.07) is 0. The molecular formula is C9H13N5O2S. The summed E-state index contributed by atoms with van der Waals surface area (Å²) in [5, 5.41) is 0.0871. The van der Waals surface area contributed by atoms with E-state index in [4.69, 9.17) is 0 Å². The Morgan fingerprint density at radius 3 is 2.71 bits per heavy atom. The molecular weight excluding hydrogens is 242 g/mol. The summed E-state index contributed by atoms with van der Waals surface area (Å²) in [6.45, 7) is 1.89. The zero-order chi connectivity index (χ0) is 12.5. The predicted octanol–water partition coefficient (Wildman–Crippen LogP) is 0.262. The molecule has 0 aromatic carbocycles. The first-order valence-electron chi connectivity index (χ1n) is 4.96. The number of nitrogens with one attached hydrogen (secondary N) is 2. The lowest BCUT2D eigenvalue weighted by molar-refractivity contribution is 0.456. The quantitative estimate of drug-likeness (QED) is 0.819. The first kappa shape index (κ1) is 11.8. The molecule has 0 aliphatic carbocycles. The summed E-state index contributed by atoms with van der Waals surface area (Å²) < 4.78 is 25.4. The van der Waals surface area contributed by atoms with Gasteiger partial charge in [-0.15, -0.1) is 0 Å².